The van der Waals surface area contributed by atoms with Gasteiger partial charge in [0.15, 0.2) is 0 Å². The number of phenolic OH excluding ortho intramolecular Hbond substituents is 1. The number of hydrogen-bond acceptors (Lipinski definition) is 4. The zero-order valence-corrected chi connectivity index (χ0v) is 15.7. The predicted octanol–water partition coefficient (Wildman–Crippen LogP) is 2.71. The van der Waals surface area contributed by atoms with Gasteiger partial charge in [-0.3, -0.25) is 9.59 Å². The van der Waals surface area contributed by atoms with Gasteiger partial charge in [0, 0.05) is 19.8 Å². The Morgan fingerprint density at radius 2 is 1.81 bits per heavy atom. The quantitative estimate of drug-likeness (QED) is 0.592. The number of carbonyl (C=O) groups is 2. The van der Waals surface area contributed by atoms with Gasteiger partial charge in [0.1, 0.15) is 11.8 Å². The monoisotopic (exact) mass is 370 g/mol. The van der Waals surface area contributed by atoms with E-state index in [-0.39, 0.29) is 17.2 Å². The van der Waals surface area contributed by atoms with Crippen LogP contribution >= 0.6 is 0 Å². The fourth-order valence-electron chi connectivity index (χ4n) is 2.57. The van der Waals surface area contributed by atoms with Gasteiger partial charge in [-0.2, -0.15) is 0 Å². The molecule has 0 heterocycles. The number of benzene rings is 2. The maximum absolute atomic E-state index is 12.7. The summed E-state index contributed by atoms with van der Waals surface area (Å²) in [4.78, 5) is 25.2. The summed E-state index contributed by atoms with van der Waals surface area (Å²) in [5.74, 6) is -0.947. The first kappa shape index (κ1) is 20.5. The molecule has 1 atom stereocenters. The van der Waals surface area contributed by atoms with Crippen molar-refractivity contribution in [3.05, 3.63) is 65.2 Å². The number of phenols is 1. The van der Waals surface area contributed by atoms with Crippen molar-refractivity contribution < 1.29 is 19.4 Å². The van der Waals surface area contributed by atoms with Crippen molar-refractivity contribution in [1.29, 1.82) is 0 Å². The van der Waals surface area contributed by atoms with Gasteiger partial charge in [-0.1, -0.05) is 42.0 Å². The van der Waals surface area contributed by atoms with Gasteiger partial charge in [-0.15, -0.1) is 0 Å². The summed E-state index contributed by atoms with van der Waals surface area (Å²) < 4.78 is 5.26. The van der Waals surface area contributed by atoms with E-state index in [1.165, 1.54) is 12.1 Å². The summed E-state index contributed by atoms with van der Waals surface area (Å²) >= 11 is 0. The molecule has 0 radical (unpaired) electrons. The molecule has 2 aromatic rings. The molecule has 2 amide bonds. The highest BCUT2D eigenvalue weighted by Gasteiger charge is 2.24. The molecule has 0 aliphatic rings. The fraction of sp³-hybridized carbons (Fsp3) is 0.333. The molecular weight excluding hydrogens is 344 g/mol. The average molecular weight is 370 g/mol. The summed E-state index contributed by atoms with van der Waals surface area (Å²) in [5, 5.41) is 15.4. The van der Waals surface area contributed by atoms with E-state index >= 15 is 0 Å². The number of ether oxygens (including phenoxy) is 1. The van der Waals surface area contributed by atoms with E-state index in [1.54, 1.807) is 12.1 Å². The molecular formula is C21H26N2O4. The molecule has 0 saturated heterocycles. The molecule has 6 heteroatoms. The minimum atomic E-state index is -0.857. The number of rotatable bonds is 9. The maximum Gasteiger partial charge on any atom is 0.255 e. The Morgan fingerprint density at radius 1 is 1.11 bits per heavy atom. The SMILES string of the molecule is CCOCCCNC(=O)[C@@H](NC(=O)c1ccccc1O)c1ccc(C)cc1. The zero-order chi connectivity index (χ0) is 19.6. The van der Waals surface area contributed by atoms with Crippen LogP contribution in [-0.4, -0.2) is 36.7 Å². The molecule has 0 spiro atoms. The number of amides is 2. The van der Waals surface area contributed by atoms with Gasteiger partial charge < -0.3 is 20.5 Å². The first-order chi connectivity index (χ1) is 13.0. The Hall–Kier alpha value is -2.86. The molecule has 2 aromatic carbocycles. The molecule has 0 unspecified atom stereocenters. The standard InChI is InChI=1S/C21H26N2O4/c1-3-27-14-6-13-22-21(26)19(16-11-9-15(2)10-12-16)23-20(25)17-7-4-5-8-18(17)24/h4-5,7-12,19,24H,3,6,13-14H2,1-2H3,(H,22,26)(H,23,25)/t19-/m0/s1. The highest BCUT2D eigenvalue weighted by molar-refractivity contribution is 5.99. The van der Waals surface area contributed by atoms with Gasteiger partial charge in [0.2, 0.25) is 5.91 Å². The van der Waals surface area contributed by atoms with E-state index in [0.29, 0.717) is 31.7 Å². The Bertz CT molecular complexity index is 759. The number of nitrogens with one attached hydrogen (secondary N) is 2. The predicted molar refractivity (Wildman–Crippen MR) is 104 cm³/mol. The van der Waals surface area contributed by atoms with Crippen molar-refractivity contribution in [2.75, 3.05) is 19.8 Å². The smallest absolute Gasteiger partial charge is 0.255 e. The molecule has 0 aromatic heterocycles. The first-order valence-corrected chi connectivity index (χ1v) is 9.03. The van der Waals surface area contributed by atoms with Crippen LogP contribution in [0.3, 0.4) is 0 Å². The first-order valence-electron chi connectivity index (χ1n) is 9.03. The van der Waals surface area contributed by atoms with Crippen molar-refractivity contribution in [2.45, 2.75) is 26.3 Å². The van der Waals surface area contributed by atoms with Crippen LogP contribution in [0, 0.1) is 6.92 Å². The molecule has 0 bridgehead atoms. The number of carbonyl (C=O) groups excluding carboxylic acids is 2. The number of para-hydroxylation sites is 1. The molecule has 0 saturated carbocycles. The van der Waals surface area contributed by atoms with Crippen molar-refractivity contribution >= 4 is 11.8 Å². The van der Waals surface area contributed by atoms with Crippen molar-refractivity contribution in [1.82, 2.24) is 10.6 Å². The summed E-state index contributed by atoms with van der Waals surface area (Å²) in [5.41, 5.74) is 1.85. The van der Waals surface area contributed by atoms with Crippen LogP contribution < -0.4 is 10.6 Å². The molecule has 0 aliphatic heterocycles. The van der Waals surface area contributed by atoms with Crippen molar-refractivity contribution in [3.8, 4) is 5.75 Å². The van der Waals surface area contributed by atoms with E-state index in [2.05, 4.69) is 10.6 Å². The van der Waals surface area contributed by atoms with Crippen molar-refractivity contribution in [2.24, 2.45) is 0 Å². The van der Waals surface area contributed by atoms with Gasteiger partial charge in [0.05, 0.1) is 5.56 Å². The summed E-state index contributed by atoms with van der Waals surface area (Å²) in [6, 6.07) is 12.8. The third-order valence-corrected chi connectivity index (χ3v) is 4.07. The number of aromatic hydroxyl groups is 1. The second-order valence-electron chi connectivity index (χ2n) is 6.18. The van der Waals surface area contributed by atoms with E-state index in [1.807, 2.05) is 38.1 Å². The van der Waals surface area contributed by atoms with Gasteiger partial charge in [0.25, 0.3) is 5.91 Å². The Morgan fingerprint density at radius 3 is 2.48 bits per heavy atom. The summed E-state index contributed by atoms with van der Waals surface area (Å²) in [6.45, 7) is 5.52. The Balaban J connectivity index is 2.12. The van der Waals surface area contributed by atoms with Crippen LogP contribution in [0.5, 0.6) is 5.75 Å². The second-order valence-corrected chi connectivity index (χ2v) is 6.18. The lowest BCUT2D eigenvalue weighted by atomic mass is 10.0. The minimum absolute atomic E-state index is 0.124. The van der Waals surface area contributed by atoms with Gasteiger partial charge in [-0.25, -0.2) is 0 Å². The van der Waals surface area contributed by atoms with Crippen LogP contribution in [0.25, 0.3) is 0 Å². The van der Waals surface area contributed by atoms with Crippen LogP contribution in [0.4, 0.5) is 0 Å². The zero-order valence-electron chi connectivity index (χ0n) is 15.7. The third-order valence-electron chi connectivity index (χ3n) is 4.07. The second kappa shape index (κ2) is 10.3. The topological polar surface area (TPSA) is 87.7 Å². The average Bonchev–Trinajstić information content (AvgIpc) is 2.67. The maximum atomic E-state index is 12.7. The molecule has 27 heavy (non-hydrogen) atoms. The highest BCUT2D eigenvalue weighted by atomic mass is 16.5. The molecule has 0 aliphatic carbocycles. The van der Waals surface area contributed by atoms with Crippen molar-refractivity contribution in [3.63, 3.8) is 0 Å². The van der Waals surface area contributed by atoms with E-state index in [4.69, 9.17) is 4.74 Å². The molecule has 144 valence electrons. The third kappa shape index (κ3) is 6.11. The van der Waals surface area contributed by atoms with Gasteiger partial charge >= 0.3 is 0 Å². The van der Waals surface area contributed by atoms with Crippen LogP contribution in [0.15, 0.2) is 48.5 Å². The summed E-state index contributed by atoms with van der Waals surface area (Å²) in [7, 11) is 0. The molecule has 3 N–H and O–H groups in total. The lowest BCUT2D eigenvalue weighted by molar-refractivity contribution is -0.123. The van der Waals surface area contributed by atoms with Crippen LogP contribution in [-0.2, 0) is 9.53 Å². The number of hydrogen-bond donors (Lipinski definition) is 3. The van der Waals surface area contributed by atoms with E-state index in [0.717, 1.165) is 5.56 Å². The van der Waals surface area contributed by atoms with E-state index < -0.39 is 11.9 Å². The lowest BCUT2D eigenvalue weighted by Gasteiger charge is -2.19. The fourth-order valence-corrected chi connectivity index (χ4v) is 2.57. The highest BCUT2D eigenvalue weighted by Crippen LogP contribution is 2.19. The molecule has 2 rings (SSSR count). The number of aryl methyl sites for hydroxylation is 1. The molecule has 6 nitrogen and oxygen atoms in total. The summed E-state index contributed by atoms with van der Waals surface area (Å²) in [6.07, 6.45) is 0.688. The normalized spacial score (nSPS) is 11.6. The Kier molecular flexibility index (Phi) is 7.82. The van der Waals surface area contributed by atoms with Crippen LogP contribution in [0.1, 0.15) is 40.9 Å². The van der Waals surface area contributed by atoms with E-state index in [9.17, 15) is 14.7 Å². The minimum Gasteiger partial charge on any atom is -0.507 e. The van der Waals surface area contributed by atoms with Gasteiger partial charge in [-0.05, 0) is 38.0 Å². The molecule has 0 fully saturated rings. The largest absolute Gasteiger partial charge is 0.507 e. The Labute approximate surface area is 159 Å². The lowest BCUT2D eigenvalue weighted by Crippen LogP contribution is -2.41. The van der Waals surface area contributed by atoms with Crippen LogP contribution in [0.2, 0.25) is 0 Å².